The van der Waals surface area contributed by atoms with Gasteiger partial charge in [-0.15, -0.1) is 0 Å². The van der Waals surface area contributed by atoms with Gasteiger partial charge in [-0.3, -0.25) is 0 Å². The summed E-state index contributed by atoms with van der Waals surface area (Å²) in [7, 11) is 0. The third kappa shape index (κ3) is 1.72. The molecule has 100 valence electrons. The normalized spacial score (nSPS) is 17.4. The van der Waals surface area contributed by atoms with Crippen LogP contribution in [0.1, 0.15) is 23.0 Å². The van der Waals surface area contributed by atoms with Gasteiger partial charge in [-0.1, -0.05) is 18.2 Å². The van der Waals surface area contributed by atoms with Gasteiger partial charge in [0.1, 0.15) is 17.5 Å². The maximum absolute atomic E-state index is 14.1. The van der Waals surface area contributed by atoms with Crippen LogP contribution in [-0.2, 0) is 0 Å². The van der Waals surface area contributed by atoms with Crippen LogP contribution in [0.3, 0.4) is 0 Å². The van der Waals surface area contributed by atoms with Crippen LogP contribution in [0.2, 0.25) is 0 Å². The number of anilines is 1. The maximum Gasteiger partial charge on any atom is 0.154 e. The molecule has 1 aliphatic heterocycles. The van der Waals surface area contributed by atoms with Gasteiger partial charge in [0.05, 0.1) is 23.3 Å². The Balaban J connectivity index is 2.26. The molecule has 20 heavy (non-hydrogen) atoms. The van der Waals surface area contributed by atoms with E-state index < -0.39 is 5.92 Å². The van der Waals surface area contributed by atoms with Gasteiger partial charge in [-0.25, -0.2) is 9.37 Å². The number of hydrogen-bond acceptors (Lipinski definition) is 4. The molecule has 2 aromatic rings. The summed E-state index contributed by atoms with van der Waals surface area (Å²) < 4.78 is 14.1. The van der Waals surface area contributed by atoms with Crippen molar-refractivity contribution in [2.24, 2.45) is 5.73 Å². The average molecular weight is 269 g/mol. The Morgan fingerprint density at radius 3 is 2.85 bits per heavy atom. The van der Waals surface area contributed by atoms with E-state index in [9.17, 15) is 9.65 Å². The lowest BCUT2D eigenvalue weighted by molar-refractivity contribution is 0.604. The van der Waals surface area contributed by atoms with Crippen molar-refractivity contribution in [2.45, 2.75) is 12.8 Å². The fourth-order valence-corrected chi connectivity index (χ4v) is 2.45. The van der Waals surface area contributed by atoms with Crippen molar-refractivity contribution in [3.63, 3.8) is 0 Å². The summed E-state index contributed by atoms with van der Waals surface area (Å²) in [6, 6.07) is 8.41. The summed E-state index contributed by atoms with van der Waals surface area (Å²) in [6.45, 7) is 1.79. The van der Waals surface area contributed by atoms with Gasteiger partial charge in [0.25, 0.3) is 0 Å². The molecule has 1 aromatic heterocycles. The number of aromatic nitrogens is 2. The number of nitriles is 1. The SMILES string of the molecule is Cc1nc2c([nH]1)C(c1ccccc1F)C(C#N)=C(N)N2. The number of allylic oxidation sites excluding steroid dienone is 1. The zero-order valence-electron chi connectivity index (χ0n) is 10.7. The van der Waals surface area contributed by atoms with E-state index >= 15 is 0 Å². The minimum Gasteiger partial charge on any atom is -0.384 e. The van der Waals surface area contributed by atoms with Crippen LogP contribution in [0.15, 0.2) is 35.7 Å². The molecule has 0 amide bonds. The molecule has 3 rings (SSSR count). The standard InChI is InChI=1S/C14H12FN5/c1-7-18-12-11(8-4-2-3-5-10(8)15)9(6-16)13(17)20-14(12)19-7/h2-5,11,20H,17H2,1H3,(H,18,19). The summed E-state index contributed by atoms with van der Waals surface area (Å²) in [5.74, 6) is 0.472. The third-order valence-electron chi connectivity index (χ3n) is 3.31. The van der Waals surface area contributed by atoms with Crippen LogP contribution >= 0.6 is 0 Å². The molecular weight excluding hydrogens is 257 g/mol. The first-order valence-electron chi connectivity index (χ1n) is 6.09. The predicted octanol–water partition coefficient (Wildman–Crippen LogP) is 2.11. The van der Waals surface area contributed by atoms with Crippen LogP contribution in [0.25, 0.3) is 0 Å². The molecule has 6 heteroatoms. The van der Waals surface area contributed by atoms with E-state index in [1.165, 1.54) is 6.07 Å². The van der Waals surface area contributed by atoms with E-state index in [1.807, 2.05) is 0 Å². The number of aryl methyl sites for hydroxylation is 1. The van der Waals surface area contributed by atoms with Crippen LogP contribution in [0.4, 0.5) is 10.2 Å². The number of imidazole rings is 1. The lowest BCUT2D eigenvalue weighted by Gasteiger charge is -2.24. The Labute approximate surface area is 114 Å². The van der Waals surface area contributed by atoms with Gasteiger partial charge in [0.2, 0.25) is 0 Å². The average Bonchev–Trinajstić information content (AvgIpc) is 2.78. The first-order valence-corrected chi connectivity index (χ1v) is 6.09. The van der Waals surface area contributed by atoms with Crippen molar-refractivity contribution in [1.29, 1.82) is 5.26 Å². The molecule has 0 fully saturated rings. The molecule has 0 spiro atoms. The molecule has 1 unspecified atom stereocenters. The zero-order chi connectivity index (χ0) is 14.3. The van der Waals surface area contributed by atoms with Crippen LogP contribution in [0, 0.1) is 24.1 Å². The largest absolute Gasteiger partial charge is 0.384 e. The number of halogens is 1. The molecule has 0 radical (unpaired) electrons. The second-order valence-corrected chi connectivity index (χ2v) is 4.60. The Kier molecular flexibility index (Phi) is 2.68. The smallest absolute Gasteiger partial charge is 0.154 e. The number of hydrogen-bond donors (Lipinski definition) is 3. The molecule has 0 aliphatic carbocycles. The predicted molar refractivity (Wildman–Crippen MR) is 72.0 cm³/mol. The number of H-pyrrole nitrogens is 1. The topological polar surface area (TPSA) is 90.5 Å². The summed E-state index contributed by atoms with van der Waals surface area (Å²) in [4.78, 5) is 7.34. The summed E-state index contributed by atoms with van der Waals surface area (Å²) in [5.41, 5.74) is 7.20. The maximum atomic E-state index is 14.1. The highest BCUT2D eigenvalue weighted by atomic mass is 19.1. The quantitative estimate of drug-likeness (QED) is 0.739. The van der Waals surface area contributed by atoms with E-state index in [1.54, 1.807) is 25.1 Å². The highest BCUT2D eigenvalue weighted by Crippen LogP contribution is 2.39. The van der Waals surface area contributed by atoms with Crippen LogP contribution in [-0.4, -0.2) is 9.97 Å². The third-order valence-corrected chi connectivity index (χ3v) is 3.31. The number of nitrogens with one attached hydrogen (secondary N) is 2. The number of nitrogens with zero attached hydrogens (tertiary/aromatic N) is 2. The molecule has 0 bridgehead atoms. The van der Waals surface area contributed by atoms with E-state index in [2.05, 4.69) is 21.4 Å². The lowest BCUT2D eigenvalue weighted by Crippen LogP contribution is -2.23. The molecule has 1 atom stereocenters. The van der Waals surface area contributed by atoms with E-state index in [0.29, 0.717) is 22.9 Å². The van der Waals surface area contributed by atoms with Crippen molar-refractivity contribution < 1.29 is 4.39 Å². The molecule has 4 N–H and O–H groups in total. The minimum absolute atomic E-state index is 0.208. The van der Waals surface area contributed by atoms with Gasteiger partial charge in [0, 0.05) is 5.56 Å². The summed E-state index contributed by atoms with van der Waals surface area (Å²) in [5, 5.41) is 12.2. The Morgan fingerprint density at radius 2 is 2.15 bits per heavy atom. The second-order valence-electron chi connectivity index (χ2n) is 4.60. The number of benzene rings is 1. The monoisotopic (exact) mass is 269 g/mol. The summed E-state index contributed by atoms with van der Waals surface area (Å²) >= 11 is 0. The minimum atomic E-state index is -0.571. The first-order chi connectivity index (χ1) is 9.61. The van der Waals surface area contributed by atoms with Gasteiger partial charge in [-0.2, -0.15) is 5.26 Å². The van der Waals surface area contributed by atoms with Gasteiger partial charge >= 0.3 is 0 Å². The Morgan fingerprint density at radius 1 is 1.40 bits per heavy atom. The van der Waals surface area contributed by atoms with Gasteiger partial charge < -0.3 is 16.0 Å². The van der Waals surface area contributed by atoms with E-state index in [0.717, 1.165) is 0 Å². The number of aromatic amines is 1. The number of rotatable bonds is 1. The van der Waals surface area contributed by atoms with Crippen molar-refractivity contribution >= 4 is 5.82 Å². The van der Waals surface area contributed by atoms with Gasteiger partial charge in [-0.05, 0) is 13.0 Å². The highest BCUT2D eigenvalue weighted by Gasteiger charge is 2.32. The number of fused-ring (bicyclic) bond motifs is 1. The molecule has 0 saturated heterocycles. The molecule has 2 heterocycles. The fourth-order valence-electron chi connectivity index (χ4n) is 2.45. The zero-order valence-corrected chi connectivity index (χ0v) is 10.7. The van der Waals surface area contributed by atoms with Crippen molar-refractivity contribution in [1.82, 2.24) is 9.97 Å². The first kappa shape index (κ1) is 12.2. The Bertz CT molecular complexity index is 753. The van der Waals surface area contributed by atoms with Crippen molar-refractivity contribution in [3.05, 3.63) is 58.6 Å². The molecule has 1 aromatic carbocycles. The highest BCUT2D eigenvalue weighted by molar-refractivity contribution is 5.62. The second kappa shape index (κ2) is 4.38. The molecular formula is C14H12FN5. The molecule has 0 saturated carbocycles. The van der Waals surface area contributed by atoms with E-state index in [4.69, 9.17) is 5.73 Å². The number of nitrogens with two attached hydrogens (primary N) is 1. The fraction of sp³-hybridized carbons (Fsp3) is 0.143. The Hall–Kier alpha value is -2.81. The molecule has 5 nitrogen and oxygen atoms in total. The van der Waals surface area contributed by atoms with E-state index in [-0.39, 0.29) is 17.2 Å². The van der Waals surface area contributed by atoms with Crippen LogP contribution in [0.5, 0.6) is 0 Å². The van der Waals surface area contributed by atoms with Gasteiger partial charge in [0.15, 0.2) is 5.82 Å². The van der Waals surface area contributed by atoms with Crippen LogP contribution < -0.4 is 11.1 Å². The lowest BCUT2D eigenvalue weighted by atomic mass is 9.86. The molecule has 1 aliphatic rings. The van der Waals surface area contributed by atoms with Crippen molar-refractivity contribution in [2.75, 3.05) is 5.32 Å². The summed E-state index contributed by atoms with van der Waals surface area (Å²) in [6.07, 6.45) is 0. The van der Waals surface area contributed by atoms with Crippen molar-refractivity contribution in [3.8, 4) is 6.07 Å².